The van der Waals surface area contributed by atoms with Gasteiger partial charge in [-0.2, -0.15) is 0 Å². The molecule has 1 aromatic heterocycles. The molecule has 3 rings (SSSR count). The molecule has 1 unspecified atom stereocenters. The quantitative estimate of drug-likeness (QED) is 0.798. The molecule has 0 bridgehead atoms. The highest BCUT2D eigenvalue weighted by Crippen LogP contribution is 2.18. The Bertz CT molecular complexity index is 516. The van der Waals surface area contributed by atoms with E-state index in [2.05, 4.69) is 10.3 Å². The molecule has 1 aromatic carbocycles. The molecule has 1 saturated heterocycles. The number of benzene rings is 1. The van der Waals surface area contributed by atoms with E-state index >= 15 is 0 Å². The molecular formula is C12H16N4O. The Morgan fingerprint density at radius 2 is 2.35 bits per heavy atom. The minimum atomic E-state index is 0.259. The van der Waals surface area contributed by atoms with E-state index in [1.807, 2.05) is 22.9 Å². The first-order valence-electron chi connectivity index (χ1n) is 6.03. The van der Waals surface area contributed by atoms with Crippen molar-refractivity contribution in [1.29, 1.82) is 0 Å². The highest BCUT2D eigenvalue weighted by atomic mass is 16.5. The average molecular weight is 232 g/mol. The van der Waals surface area contributed by atoms with Crippen LogP contribution in [0.3, 0.4) is 0 Å². The van der Waals surface area contributed by atoms with Crippen molar-refractivity contribution < 1.29 is 4.74 Å². The van der Waals surface area contributed by atoms with Crippen molar-refractivity contribution in [2.45, 2.75) is 31.9 Å². The number of nitrogens with zero attached hydrogens (tertiary/aromatic N) is 3. The predicted octanol–water partition coefficient (Wildman–Crippen LogP) is 1.58. The van der Waals surface area contributed by atoms with Crippen molar-refractivity contribution in [3.8, 4) is 0 Å². The molecule has 1 fully saturated rings. The van der Waals surface area contributed by atoms with Crippen molar-refractivity contribution >= 4 is 16.7 Å². The molecule has 1 aliphatic rings. The Morgan fingerprint density at radius 3 is 3.18 bits per heavy atom. The van der Waals surface area contributed by atoms with Gasteiger partial charge >= 0.3 is 0 Å². The van der Waals surface area contributed by atoms with Crippen LogP contribution in [-0.4, -0.2) is 27.7 Å². The lowest BCUT2D eigenvalue weighted by molar-refractivity contribution is 0.00443. The van der Waals surface area contributed by atoms with Crippen LogP contribution in [0.5, 0.6) is 0 Å². The normalized spacial score (nSPS) is 20.8. The van der Waals surface area contributed by atoms with Crippen LogP contribution >= 0.6 is 0 Å². The smallest absolute Gasteiger partial charge is 0.113 e. The maximum absolute atomic E-state index is 5.78. The standard InChI is InChI=1S/C12H16N4O/c13-9-4-5-11-12(7-9)16(15-14-11)8-10-3-1-2-6-17-10/h4-5,7,10H,1-3,6,8,13H2. The first kappa shape index (κ1) is 10.5. The van der Waals surface area contributed by atoms with Gasteiger partial charge in [0.05, 0.1) is 18.2 Å². The molecule has 0 aliphatic carbocycles. The molecule has 5 nitrogen and oxygen atoms in total. The first-order chi connectivity index (χ1) is 8.33. The van der Waals surface area contributed by atoms with E-state index in [1.165, 1.54) is 12.8 Å². The van der Waals surface area contributed by atoms with E-state index in [-0.39, 0.29) is 6.10 Å². The Labute approximate surface area is 99.5 Å². The van der Waals surface area contributed by atoms with Crippen molar-refractivity contribution in [2.24, 2.45) is 0 Å². The molecule has 0 saturated carbocycles. The Balaban J connectivity index is 1.86. The fourth-order valence-corrected chi connectivity index (χ4v) is 2.26. The first-order valence-corrected chi connectivity index (χ1v) is 6.03. The summed E-state index contributed by atoms with van der Waals surface area (Å²) in [5.74, 6) is 0. The zero-order valence-corrected chi connectivity index (χ0v) is 9.67. The zero-order valence-electron chi connectivity index (χ0n) is 9.67. The van der Waals surface area contributed by atoms with Gasteiger partial charge in [0.25, 0.3) is 0 Å². The number of anilines is 1. The number of fused-ring (bicyclic) bond motifs is 1. The van der Waals surface area contributed by atoms with Crippen molar-refractivity contribution in [3.05, 3.63) is 18.2 Å². The van der Waals surface area contributed by atoms with Crippen molar-refractivity contribution in [2.75, 3.05) is 12.3 Å². The molecule has 0 radical (unpaired) electrons. The molecule has 2 N–H and O–H groups in total. The molecular weight excluding hydrogens is 216 g/mol. The lowest BCUT2D eigenvalue weighted by Gasteiger charge is -2.22. The van der Waals surface area contributed by atoms with Gasteiger partial charge in [-0.05, 0) is 37.5 Å². The highest BCUT2D eigenvalue weighted by molar-refractivity contribution is 5.78. The Kier molecular flexibility index (Phi) is 2.68. The molecule has 17 heavy (non-hydrogen) atoms. The van der Waals surface area contributed by atoms with E-state index in [0.29, 0.717) is 0 Å². The summed E-state index contributed by atoms with van der Waals surface area (Å²) in [4.78, 5) is 0. The lowest BCUT2D eigenvalue weighted by Crippen LogP contribution is -2.25. The van der Waals surface area contributed by atoms with Crippen LogP contribution in [0, 0.1) is 0 Å². The van der Waals surface area contributed by atoms with Gasteiger partial charge < -0.3 is 10.5 Å². The molecule has 5 heteroatoms. The third-order valence-corrected chi connectivity index (χ3v) is 3.19. The maximum atomic E-state index is 5.78. The minimum absolute atomic E-state index is 0.259. The lowest BCUT2D eigenvalue weighted by atomic mass is 10.1. The van der Waals surface area contributed by atoms with E-state index in [4.69, 9.17) is 10.5 Å². The molecule has 2 heterocycles. The third kappa shape index (κ3) is 2.10. The summed E-state index contributed by atoms with van der Waals surface area (Å²) in [5.41, 5.74) is 8.40. The summed E-state index contributed by atoms with van der Waals surface area (Å²) in [7, 11) is 0. The summed E-state index contributed by atoms with van der Waals surface area (Å²) >= 11 is 0. The van der Waals surface area contributed by atoms with Gasteiger partial charge in [-0.3, -0.25) is 0 Å². The molecule has 0 amide bonds. The largest absolute Gasteiger partial charge is 0.399 e. The van der Waals surface area contributed by atoms with Crippen LogP contribution in [-0.2, 0) is 11.3 Å². The van der Waals surface area contributed by atoms with E-state index in [0.717, 1.165) is 36.3 Å². The van der Waals surface area contributed by atoms with Crippen LogP contribution < -0.4 is 5.73 Å². The second-order valence-electron chi connectivity index (χ2n) is 4.51. The fraction of sp³-hybridized carbons (Fsp3) is 0.500. The van der Waals surface area contributed by atoms with Gasteiger partial charge in [-0.25, -0.2) is 4.68 Å². The number of hydrogen-bond donors (Lipinski definition) is 1. The number of nitrogen functional groups attached to an aromatic ring is 1. The second-order valence-corrected chi connectivity index (χ2v) is 4.51. The van der Waals surface area contributed by atoms with Crippen molar-refractivity contribution in [3.63, 3.8) is 0 Å². The van der Waals surface area contributed by atoms with Crippen LogP contribution in [0.2, 0.25) is 0 Å². The SMILES string of the molecule is Nc1ccc2nnn(CC3CCCCO3)c2c1. The highest BCUT2D eigenvalue weighted by Gasteiger charge is 2.16. The monoisotopic (exact) mass is 232 g/mol. The van der Waals surface area contributed by atoms with Crippen LogP contribution in [0.1, 0.15) is 19.3 Å². The van der Waals surface area contributed by atoms with E-state index in [1.54, 1.807) is 0 Å². The number of rotatable bonds is 2. The summed E-state index contributed by atoms with van der Waals surface area (Å²) in [6.07, 6.45) is 3.76. The maximum Gasteiger partial charge on any atom is 0.113 e. The Morgan fingerprint density at radius 1 is 1.41 bits per heavy atom. The molecule has 0 spiro atoms. The molecule has 1 atom stereocenters. The van der Waals surface area contributed by atoms with Gasteiger partial charge in [0.15, 0.2) is 0 Å². The third-order valence-electron chi connectivity index (χ3n) is 3.19. The van der Waals surface area contributed by atoms with E-state index in [9.17, 15) is 0 Å². The van der Waals surface area contributed by atoms with E-state index < -0.39 is 0 Å². The van der Waals surface area contributed by atoms with Gasteiger partial charge in [0.2, 0.25) is 0 Å². The number of ether oxygens (including phenoxy) is 1. The zero-order chi connectivity index (χ0) is 11.7. The predicted molar refractivity (Wildman–Crippen MR) is 65.5 cm³/mol. The molecule has 1 aliphatic heterocycles. The number of aromatic nitrogens is 3. The molecule has 90 valence electrons. The second kappa shape index (κ2) is 4.33. The summed E-state index contributed by atoms with van der Waals surface area (Å²) < 4.78 is 7.60. The topological polar surface area (TPSA) is 66.0 Å². The number of hydrogen-bond acceptors (Lipinski definition) is 4. The van der Waals surface area contributed by atoms with Crippen LogP contribution in [0.15, 0.2) is 18.2 Å². The van der Waals surface area contributed by atoms with Crippen molar-refractivity contribution in [1.82, 2.24) is 15.0 Å². The average Bonchev–Trinajstić information content (AvgIpc) is 2.73. The molecule has 2 aromatic rings. The van der Waals surface area contributed by atoms with Gasteiger partial charge in [0.1, 0.15) is 5.52 Å². The summed E-state index contributed by atoms with van der Waals surface area (Å²) in [6, 6.07) is 5.66. The van der Waals surface area contributed by atoms with Gasteiger partial charge in [-0.1, -0.05) is 5.21 Å². The van der Waals surface area contributed by atoms with Crippen LogP contribution in [0.25, 0.3) is 11.0 Å². The minimum Gasteiger partial charge on any atom is -0.399 e. The fourth-order valence-electron chi connectivity index (χ4n) is 2.26. The summed E-state index contributed by atoms with van der Waals surface area (Å²) in [6.45, 7) is 1.62. The van der Waals surface area contributed by atoms with Gasteiger partial charge in [0, 0.05) is 12.3 Å². The number of nitrogens with two attached hydrogens (primary N) is 1. The Hall–Kier alpha value is -1.62. The summed E-state index contributed by atoms with van der Waals surface area (Å²) in [5, 5.41) is 8.29. The van der Waals surface area contributed by atoms with Gasteiger partial charge in [-0.15, -0.1) is 5.10 Å². The van der Waals surface area contributed by atoms with Crippen LogP contribution in [0.4, 0.5) is 5.69 Å².